The molecular formula is C12H18BN5O3S. The van der Waals surface area contributed by atoms with Crippen LogP contribution >= 0.6 is 0 Å². The van der Waals surface area contributed by atoms with E-state index in [1.807, 2.05) is 18.6 Å². The number of urea groups is 1. The fourth-order valence-corrected chi connectivity index (χ4v) is 2.41. The summed E-state index contributed by atoms with van der Waals surface area (Å²) in [5, 5.41) is 1.96. The van der Waals surface area contributed by atoms with Crippen molar-refractivity contribution >= 4 is 30.0 Å². The minimum absolute atomic E-state index is 0.268. The second-order valence-corrected chi connectivity index (χ2v) is 5.91. The number of hydrogen-bond donors (Lipinski definition) is 2. The van der Waals surface area contributed by atoms with E-state index in [1.54, 1.807) is 0 Å². The average molecular weight is 323 g/mol. The zero-order valence-electron chi connectivity index (χ0n) is 12.5. The predicted molar refractivity (Wildman–Crippen MR) is 83.4 cm³/mol. The number of sulfonamides is 1. The van der Waals surface area contributed by atoms with Crippen LogP contribution in [-0.2, 0) is 23.0 Å². The van der Waals surface area contributed by atoms with Gasteiger partial charge in [0.15, 0.2) is 0 Å². The molecule has 1 aromatic rings. The van der Waals surface area contributed by atoms with Gasteiger partial charge in [-0.15, -0.1) is 0 Å². The molecule has 0 aliphatic rings. The van der Waals surface area contributed by atoms with Gasteiger partial charge in [0.05, 0.1) is 12.2 Å². The van der Waals surface area contributed by atoms with Crippen LogP contribution < -0.4 is 10.0 Å². The standard InChI is InChI=1S/C12H18BN5O3S/c1-3-5-15-11(19)18-22(20,21)12-16-7-9(6-14-8-13)10(4-2)17-12/h7-8H,3-6H2,1-2H3,(H2,15,18,19). The van der Waals surface area contributed by atoms with Crippen molar-refractivity contribution in [2.45, 2.75) is 38.4 Å². The Labute approximate surface area is 131 Å². The number of carbonyl (C=O) groups is 1. The quantitative estimate of drug-likeness (QED) is 0.421. The molecule has 0 fully saturated rings. The maximum atomic E-state index is 12.1. The molecule has 1 rings (SSSR count). The summed E-state index contributed by atoms with van der Waals surface area (Å²) in [6.07, 6.45) is 3.73. The zero-order chi connectivity index (χ0) is 16.6. The summed E-state index contributed by atoms with van der Waals surface area (Å²) >= 11 is 0. The van der Waals surface area contributed by atoms with Crippen LogP contribution in [0.4, 0.5) is 4.79 Å². The minimum Gasteiger partial charge on any atom is -0.337 e. The first-order valence-electron chi connectivity index (χ1n) is 6.80. The molecule has 0 aliphatic heterocycles. The highest BCUT2D eigenvalue weighted by molar-refractivity contribution is 7.89. The van der Waals surface area contributed by atoms with Crippen molar-refractivity contribution < 1.29 is 13.2 Å². The first kappa shape index (κ1) is 18.1. The van der Waals surface area contributed by atoms with Gasteiger partial charge in [-0.3, -0.25) is 0 Å². The molecule has 1 aromatic heterocycles. The van der Waals surface area contributed by atoms with Gasteiger partial charge in [-0.2, -0.15) is 8.42 Å². The molecule has 10 heteroatoms. The second-order valence-electron chi connectivity index (χ2n) is 4.33. The molecule has 2 N–H and O–H groups in total. The Bertz CT molecular complexity index is 648. The first-order chi connectivity index (χ1) is 10.4. The zero-order valence-corrected chi connectivity index (χ0v) is 13.4. The van der Waals surface area contributed by atoms with E-state index < -0.39 is 21.2 Å². The molecule has 22 heavy (non-hydrogen) atoms. The van der Waals surface area contributed by atoms with E-state index in [0.29, 0.717) is 30.6 Å². The number of aromatic nitrogens is 2. The summed E-state index contributed by atoms with van der Waals surface area (Å²) in [4.78, 5) is 23.1. The second kappa shape index (κ2) is 8.47. The van der Waals surface area contributed by atoms with E-state index >= 15 is 0 Å². The van der Waals surface area contributed by atoms with Crippen molar-refractivity contribution in [2.24, 2.45) is 4.99 Å². The fourth-order valence-electron chi connectivity index (χ4n) is 1.58. The molecule has 8 nitrogen and oxygen atoms in total. The van der Waals surface area contributed by atoms with Gasteiger partial charge >= 0.3 is 16.1 Å². The van der Waals surface area contributed by atoms with E-state index in [9.17, 15) is 13.2 Å². The van der Waals surface area contributed by atoms with Crippen LogP contribution in [0.3, 0.4) is 0 Å². The Morgan fingerprint density at radius 2 is 2.18 bits per heavy atom. The Morgan fingerprint density at radius 3 is 2.77 bits per heavy atom. The molecule has 2 radical (unpaired) electrons. The Kier molecular flexibility index (Phi) is 6.96. The summed E-state index contributed by atoms with van der Waals surface area (Å²) in [6, 6.07) is -0.805. The van der Waals surface area contributed by atoms with Gasteiger partial charge in [0.2, 0.25) is 0 Å². The Morgan fingerprint density at radius 1 is 1.45 bits per heavy atom. The number of carbonyl (C=O) groups excluding carboxylic acids is 1. The van der Waals surface area contributed by atoms with Gasteiger partial charge in [-0.1, -0.05) is 20.0 Å². The maximum Gasteiger partial charge on any atom is 0.328 e. The fraction of sp³-hybridized carbons (Fsp3) is 0.500. The molecule has 0 spiro atoms. The molecule has 118 valence electrons. The number of rotatable bonds is 7. The molecule has 0 atom stereocenters. The SMILES string of the molecule is [B]C=NCc1cnc(S(=O)(=O)NC(=O)NCCC)nc1CC. The van der Waals surface area contributed by atoms with Crippen molar-refractivity contribution in [3.05, 3.63) is 17.5 Å². The molecular weight excluding hydrogens is 305 g/mol. The van der Waals surface area contributed by atoms with Gasteiger partial charge in [-0.25, -0.2) is 19.5 Å². The van der Waals surface area contributed by atoms with Crippen LogP contribution in [0.25, 0.3) is 0 Å². The van der Waals surface area contributed by atoms with Crippen molar-refractivity contribution in [3.8, 4) is 0 Å². The van der Waals surface area contributed by atoms with Crippen molar-refractivity contribution in [1.82, 2.24) is 20.0 Å². The third-order valence-electron chi connectivity index (χ3n) is 2.64. The van der Waals surface area contributed by atoms with Crippen molar-refractivity contribution in [3.63, 3.8) is 0 Å². The van der Waals surface area contributed by atoms with Crippen LogP contribution in [0.2, 0.25) is 0 Å². The number of aliphatic imine (C=N–C) groups is 1. The third-order valence-corrected chi connectivity index (χ3v) is 3.77. The lowest BCUT2D eigenvalue weighted by Crippen LogP contribution is -2.40. The van der Waals surface area contributed by atoms with Crippen LogP contribution in [-0.4, -0.2) is 44.9 Å². The van der Waals surface area contributed by atoms with Crippen LogP contribution in [0.5, 0.6) is 0 Å². The summed E-state index contributed by atoms with van der Waals surface area (Å²) in [5.41, 5.74) is 1.22. The molecule has 0 aromatic carbocycles. The summed E-state index contributed by atoms with van der Waals surface area (Å²) in [5.74, 6) is 0. The first-order valence-corrected chi connectivity index (χ1v) is 8.28. The van der Waals surface area contributed by atoms with Crippen molar-refractivity contribution in [1.29, 1.82) is 0 Å². The largest absolute Gasteiger partial charge is 0.337 e. The van der Waals surface area contributed by atoms with Crippen LogP contribution in [0.1, 0.15) is 31.5 Å². The van der Waals surface area contributed by atoms with Gasteiger partial charge in [0, 0.05) is 18.3 Å². The number of aryl methyl sites for hydroxylation is 1. The molecule has 0 unspecified atom stereocenters. The monoisotopic (exact) mass is 323 g/mol. The lowest BCUT2D eigenvalue weighted by atomic mass is 10.2. The third kappa shape index (κ3) is 5.10. The van der Waals surface area contributed by atoms with E-state index in [4.69, 9.17) is 7.85 Å². The van der Waals surface area contributed by atoms with Gasteiger partial charge in [-0.05, 0) is 12.8 Å². The molecule has 0 aliphatic carbocycles. The Balaban J connectivity index is 2.97. The molecule has 0 saturated carbocycles. The number of amides is 2. The average Bonchev–Trinajstić information content (AvgIpc) is 2.50. The maximum absolute atomic E-state index is 12.1. The lowest BCUT2D eigenvalue weighted by molar-refractivity contribution is 0.246. The van der Waals surface area contributed by atoms with Gasteiger partial charge < -0.3 is 10.3 Å². The predicted octanol–water partition coefficient (Wildman–Crippen LogP) is 0.134. The number of nitrogens with one attached hydrogen (secondary N) is 2. The van der Waals surface area contributed by atoms with Crippen LogP contribution in [0, 0.1) is 0 Å². The summed E-state index contributed by atoms with van der Waals surface area (Å²) in [6.45, 7) is 4.33. The van der Waals surface area contributed by atoms with E-state index in [-0.39, 0.29) is 6.54 Å². The lowest BCUT2D eigenvalue weighted by Gasteiger charge is -2.09. The highest BCUT2D eigenvalue weighted by Gasteiger charge is 2.21. The minimum atomic E-state index is -4.11. The van der Waals surface area contributed by atoms with Gasteiger partial charge in [0.1, 0.15) is 7.85 Å². The normalized spacial score (nSPS) is 11.5. The topological polar surface area (TPSA) is 113 Å². The summed E-state index contributed by atoms with van der Waals surface area (Å²) in [7, 11) is 1.07. The van der Waals surface area contributed by atoms with E-state index in [0.717, 1.165) is 6.11 Å². The molecule has 0 bridgehead atoms. The van der Waals surface area contributed by atoms with Crippen LogP contribution in [0.15, 0.2) is 16.3 Å². The smallest absolute Gasteiger partial charge is 0.328 e. The highest BCUT2D eigenvalue weighted by atomic mass is 32.2. The van der Waals surface area contributed by atoms with Crippen molar-refractivity contribution in [2.75, 3.05) is 6.54 Å². The summed E-state index contributed by atoms with van der Waals surface area (Å²) < 4.78 is 26.0. The van der Waals surface area contributed by atoms with E-state index in [1.165, 1.54) is 6.20 Å². The highest BCUT2D eigenvalue weighted by Crippen LogP contribution is 2.10. The Hall–Kier alpha value is -1.97. The number of hydrogen-bond acceptors (Lipinski definition) is 6. The molecule has 1 heterocycles. The molecule has 2 amide bonds. The van der Waals surface area contributed by atoms with Gasteiger partial charge in [0.25, 0.3) is 5.16 Å². The molecule has 0 saturated heterocycles. The number of nitrogens with zero attached hydrogens (tertiary/aromatic N) is 3. The van der Waals surface area contributed by atoms with E-state index in [2.05, 4.69) is 20.3 Å².